The van der Waals surface area contributed by atoms with Gasteiger partial charge in [0.05, 0.1) is 0 Å². The summed E-state index contributed by atoms with van der Waals surface area (Å²) in [5.41, 5.74) is 26.9. The largest absolute Gasteiger partial charge is 0.370 e. The number of nitrogens with two attached hydrogens (primary N) is 5. The molecule has 150 valence electrons. The van der Waals surface area contributed by atoms with Gasteiger partial charge in [-0.15, -0.1) is 4.51 Å². The third-order valence-electron chi connectivity index (χ3n) is 3.34. The molecule has 0 aliphatic heterocycles. The lowest BCUT2D eigenvalue weighted by atomic mass is 10.1. The lowest BCUT2D eigenvalue weighted by Gasteiger charge is -2.13. The van der Waals surface area contributed by atoms with Gasteiger partial charge in [-0.2, -0.15) is 9.98 Å². The second kappa shape index (κ2) is 15.3. The third kappa shape index (κ3) is 14.4. The van der Waals surface area contributed by atoms with Gasteiger partial charge in [0.2, 0.25) is 17.9 Å². The molecule has 0 saturated heterocycles. The molecular formula is C14H30Cl2N10. The SMILES string of the molecule is NC(N)=NC(N)=NCCCCCCCCCCN(Cl)/C(N)=N/C(N)=N/Cl. The molecule has 0 bridgehead atoms. The lowest BCUT2D eigenvalue weighted by molar-refractivity contribution is 0.534. The molecule has 0 unspecified atom stereocenters. The minimum Gasteiger partial charge on any atom is -0.370 e. The first-order chi connectivity index (χ1) is 12.4. The van der Waals surface area contributed by atoms with Crippen molar-refractivity contribution in [2.45, 2.75) is 51.4 Å². The van der Waals surface area contributed by atoms with Crippen LogP contribution in [0.5, 0.6) is 0 Å². The van der Waals surface area contributed by atoms with E-state index in [0.29, 0.717) is 13.1 Å². The molecule has 0 atom stereocenters. The summed E-state index contributed by atoms with van der Waals surface area (Å²) in [6, 6.07) is 0. The lowest BCUT2D eigenvalue weighted by Crippen LogP contribution is -2.32. The zero-order valence-corrected chi connectivity index (χ0v) is 16.5. The van der Waals surface area contributed by atoms with E-state index in [1.54, 1.807) is 0 Å². The van der Waals surface area contributed by atoms with Crippen LogP contribution in [0.25, 0.3) is 0 Å². The van der Waals surface area contributed by atoms with Crippen molar-refractivity contribution in [2.24, 2.45) is 48.2 Å². The Labute approximate surface area is 164 Å². The van der Waals surface area contributed by atoms with Crippen molar-refractivity contribution in [3.8, 4) is 0 Å². The maximum atomic E-state index is 5.98. The van der Waals surface area contributed by atoms with Crippen LogP contribution in [0.1, 0.15) is 51.4 Å². The van der Waals surface area contributed by atoms with Crippen molar-refractivity contribution in [1.29, 1.82) is 0 Å². The Bertz CT molecular complexity index is 500. The smallest absolute Gasteiger partial charge is 0.235 e. The fourth-order valence-corrected chi connectivity index (χ4v) is 2.28. The summed E-state index contributed by atoms with van der Waals surface area (Å²) in [6.45, 7) is 1.22. The summed E-state index contributed by atoms with van der Waals surface area (Å²) in [6.07, 6.45) is 8.71. The van der Waals surface area contributed by atoms with E-state index in [2.05, 4.69) is 19.5 Å². The minimum absolute atomic E-state index is 0.0771. The molecule has 12 heteroatoms. The molecule has 0 saturated carbocycles. The summed E-state index contributed by atoms with van der Waals surface area (Å²) >= 11 is 11.1. The molecule has 0 aromatic carbocycles. The van der Waals surface area contributed by atoms with Gasteiger partial charge in [0.15, 0.2) is 5.96 Å². The maximum Gasteiger partial charge on any atom is 0.235 e. The van der Waals surface area contributed by atoms with E-state index in [0.717, 1.165) is 38.5 Å². The molecule has 0 amide bonds. The molecule has 0 aliphatic rings. The zero-order valence-electron chi connectivity index (χ0n) is 14.9. The van der Waals surface area contributed by atoms with Gasteiger partial charge in [0, 0.05) is 36.6 Å². The number of guanidine groups is 4. The molecule has 0 heterocycles. The molecule has 0 fully saturated rings. The van der Waals surface area contributed by atoms with Gasteiger partial charge < -0.3 is 28.7 Å². The van der Waals surface area contributed by atoms with E-state index in [1.807, 2.05) is 0 Å². The third-order valence-corrected chi connectivity index (χ3v) is 3.86. The minimum atomic E-state index is -0.126. The molecule has 10 N–H and O–H groups in total. The fourth-order valence-electron chi connectivity index (χ4n) is 2.09. The topological polar surface area (TPSA) is 183 Å². The number of halogens is 2. The Kier molecular flexibility index (Phi) is 14.2. The van der Waals surface area contributed by atoms with Crippen molar-refractivity contribution in [3.05, 3.63) is 0 Å². The van der Waals surface area contributed by atoms with E-state index in [4.69, 9.17) is 52.2 Å². The summed E-state index contributed by atoms with van der Waals surface area (Å²) in [5.74, 6) is 0.00419. The summed E-state index contributed by atoms with van der Waals surface area (Å²) < 4.78 is 4.48. The van der Waals surface area contributed by atoms with E-state index in [1.165, 1.54) is 17.3 Å². The Morgan fingerprint density at radius 3 is 1.81 bits per heavy atom. The normalized spacial score (nSPS) is 12.9. The molecule has 0 aliphatic carbocycles. The Morgan fingerprint density at radius 2 is 1.27 bits per heavy atom. The average molecular weight is 409 g/mol. The molecule has 0 aromatic rings. The van der Waals surface area contributed by atoms with Crippen LogP contribution in [0.3, 0.4) is 0 Å². The number of nitrogens with zero attached hydrogens (tertiary/aromatic N) is 5. The Morgan fingerprint density at radius 1 is 0.731 bits per heavy atom. The van der Waals surface area contributed by atoms with Gasteiger partial charge in [-0.05, 0) is 12.8 Å². The van der Waals surface area contributed by atoms with Crippen LogP contribution in [0.2, 0.25) is 0 Å². The molecular weight excluding hydrogens is 379 g/mol. The van der Waals surface area contributed by atoms with E-state index in [-0.39, 0.29) is 23.8 Å². The molecule has 10 nitrogen and oxygen atoms in total. The number of aliphatic imine (C=N–C) groups is 3. The molecule has 0 spiro atoms. The summed E-state index contributed by atoms with van der Waals surface area (Å²) in [7, 11) is 0. The van der Waals surface area contributed by atoms with E-state index >= 15 is 0 Å². The highest BCUT2D eigenvalue weighted by Gasteiger charge is 2.04. The van der Waals surface area contributed by atoms with Gasteiger partial charge in [0.25, 0.3) is 0 Å². The van der Waals surface area contributed by atoms with Gasteiger partial charge >= 0.3 is 0 Å². The molecule has 0 aromatic heterocycles. The Balaban J connectivity index is 3.57. The highest BCUT2D eigenvalue weighted by molar-refractivity contribution is 6.23. The van der Waals surface area contributed by atoms with Crippen LogP contribution in [0.4, 0.5) is 0 Å². The summed E-state index contributed by atoms with van der Waals surface area (Å²) in [4.78, 5) is 11.4. The van der Waals surface area contributed by atoms with Crippen molar-refractivity contribution < 1.29 is 0 Å². The van der Waals surface area contributed by atoms with Crippen molar-refractivity contribution in [2.75, 3.05) is 13.1 Å². The van der Waals surface area contributed by atoms with Crippen molar-refractivity contribution >= 4 is 47.4 Å². The van der Waals surface area contributed by atoms with Crippen LogP contribution in [0.15, 0.2) is 19.5 Å². The van der Waals surface area contributed by atoms with Crippen molar-refractivity contribution in [3.63, 3.8) is 0 Å². The quantitative estimate of drug-likeness (QED) is 0.146. The van der Waals surface area contributed by atoms with E-state index < -0.39 is 0 Å². The number of unbranched alkanes of at least 4 members (excludes halogenated alkanes) is 7. The Hall–Kier alpha value is -1.94. The number of hydrogen-bond acceptors (Lipinski definition) is 2. The van der Waals surface area contributed by atoms with Gasteiger partial charge in [-0.3, -0.25) is 9.41 Å². The first-order valence-electron chi connectivity index (χ1n) is 8.48. The maximum absolute atomic E-state index is 5.98. The molecule has 0 rings (SSSR count). The zero-order chi connectivity index (χ0) is 19.8. The summed E-state index contributed by atoms with van der Waals surface area (Å²) in [5, 5.41) is 0. The highest BCUT2D eigenvalue weighted by atomic mass is 35.5. The molecule has 0 radical (unpaired) electrons. The standard InChI is InChI=1S/C14H30Cl2N10/c15-25-13(20)24-14(21)26(16)10-8-6-4-2-1-3-5-7-9-22-12(19)23-11(17)18/h1-10H2,(H4,20,21,24,25)(H6,17,18,19,22,23). The van der Waals surface area contributed by atoms with Crippen LogP contribution in [-0.2, 0) is 0 Å². The second-order valence-electron chi connectivity index (χ2n) is 5.60. The first-order valence-corrected chi connectivity index (χ1v) is 9.16. The van der Waals surface area contributed by atoms with Gasteiger partial charge in [-0.1, -0.05) is 38.5 Å². The predicted octanol–water partition coefficient (Wildman–Crippen LogP) is 0.934. The second-order valence-corrected chi connectivity index (χ2v) is 6.18. The monoisotopic (exact) mass is 408 g/mol. The molecule has 26 heavy (non-hydrogen) atoms. The average Bonchev–Trinajstić information content (AvgIpc) is 2.58. The van der Waals surface area contributed by atoms with Crippen LogP contribution < -0.4 is 28.7 Å². The van der Waals surface area contributed by atoms with Crippen LogP contribution in [0, 0.1) is 0 Å². The van der Waals surface area contributed by atoms with Crippen molar-refractivity contribution in [1.82, 2.24) is 4.42 Å². The fraction of sp³-hybridized carbons (Fsp3) is 0.714. The van der Waals surface area contributed by atoms with Crippen LogP contribution >= 0.6 is 23.6 Å². The van der Waals surface area contributed by atoms with Gasteiger partial charge in [0.1, 0.15) is 0 Å². The number of hydrogen-bond donors (Lipinski definition) is 5. The predicted molar refractivity (Wildman–Crippen MR) is 111 cm³/mol. The highest BCUT2D eigenvalue weighted by Crippen LogP contribution is 2.09. The number of rotatable bonds is 11. The van der Waals surface area contributed by atoms with Crippen LogP contribution in [-0.4, -0.2) is 41.3 Å². The van der Waals surface area contributed by atoms with Gasteiger partial charge in [-0.25, -0.2) is 0 Å². The first kappa shape index (κ1) is 24.1. The van der Waals surface area contributed by atoms with E-state index in [9.17, 15) is 0 Å².